The van der Waals surface area contributed by atoms with Crippen LogP contribution in [0, 0.1) is 5.41 Å². The van der Waals surface area contributed by atoms with Crippen molar-refractivity contribution in [3.05, 3.63) is 12.7 Å². The van der Waals surface area contributed by atoms with Crippen molar-refractivity contribution in [2.24, 2.45) is 5.41 Å². The number of hydrogen-bond acceptors (Lipinski definition) is 0. The van der Waals surface area contributed by atoms with E-state index in [2.05, 4.69) is 55.4 Å². The number of quaternary nitrogens is 1. The summed E-state index contributed by atoms with van der Waals surface area (Å²) in [5, 5.41) is 0. The molecule has 0 saturated heterocycles. The van der Waals surface area contributed by atoms with E-state index in [9.17, 15) is 0 Å². The fourth-order valence-electron chi connectivity index (χ4n) is 0.875. The first-order valence-electron chi connectivity index (χ1n) is 8.54. The lowest BCUT2D eigenvalue weighted by Crippen LogP contribution is -2.35. The maximum absolute atomic E-state index is 3.69. The zero-order chi connectivity index (χ0) is 17.2. The Kier molecular flexibility index (Phi) is 26.1. The van der Waals surface area contributed by atoms with E-state index in [0.29, 0.717) is 5.41 Å². The van der Waals surface area contributed by atoms with Crippen LogP contribution in [0.3, 0.4) is 0 Å². The van der Waals surface area contributed by atoms with Crippen molar-refractivity contribution in [2.45, 2.75) is 81.1 Å². The summed E-state index contributed by atoms with van der Waals surface area (Å²) < 4.78 is 1.08. The molecule has 0 rings (SSSR count). The highest BCUT2D eigenvalue weighted by Crippen LogP contribution is 2.16. The van der Waals surface area contributed by atoms with E-state index in [-0.39, 0.29) is 0 Å². The third kappa shape index (κ3) is 52.5. The van der Waals surface area contributed by atoms with Crippen LogP contribution in [-0.4, -0.2) is 32.2 Å². The molecule has 1 heteroatoms. The van der Waals surface area contributed by atoms with Crippen molar-refractivity contribution in [2.75, 3.05) is 27.7 Å². The Balaban J connectivity index is -0.000000109. The van der Waals surface area contributed by atoms with Gasteiger partial charge in [0.1, 0.15) is 0 Å². The molecule has 0 aliphatic carbocycles. The third-order valence-electron chi connectivity index (χ3n) is 2.55. The van der Waals surface area contributed by atoms with Crippen molar-refractivity contribution in [1.82, 2.24) is 0 Å². The number of rotatable bonds is 5. The molecule has 0 aromatic rings. The van der Waals surface area contributed by atoms with Gasteiger partial charge in [0.2, 0.25) is 0 Å². The van der Waals surface area contributed by atoms with Crippen LogP contribution in [0.2, 0.25) is 0 Å². The maximum atomic E-state index is 3.69. The summed E-state index contributed by atoms with van der Waals surface area (Å²) in [6.45, 7) is 21.9. The summed E-state index contributed by atoms with van der Waals surface area (Å²) in [7, 11) is 6.69. The summed E-state index contributed by atoms with van der Waals surface area (Å²) in [5.41, 5.74) is 0.542. The van der Waals surface area contributed by atoms with Crippen molar-refractivity contribution in [3.63, 3.8) is 0 Å². The molecule has 0 aromatic heterocycles. The molecule has 0 aliphatic rings. The van der Waals surface area contributed by atoms with Crippen LogP contribution in [0.5, 0.6) is 0 Å². The van der Waals surface area contributed by atoms with Crippen molar-refractivity contribution in [1.29, 1.82) is 0 Å². The molecule has 0 unspecified atom stereocenters. The van der Waals surface area contributed by atoms with Gasteiger partial charge in [-0.25, -0.2) is 0 Å². The highest BCUT2D eigenvalue weighted by Gasteiger charge is 2.04. The van der Waals surface area contributed by atoms with Gasteiger partial charge in [0, 0.05) is 0 Å². The Labute approximate surface area is 132 Å². The zero-order valence-corrected chi connectivity index (χ0v) is 16.8. The number of unbranched alkanes of at least 4 members (excludes halogenated alkanes) is 2. The van der Waals surface area contributed by atoms with E-state index < -0.39 is 0 Å². The monoisotopic (exact) mass is 288 g/mol. The fraction of sp³-hybridized carbons (Fsp3) is 0.895. The highest BCUT2D eigenvalue weighted by molar-refractivity contribution is 4.65. The molecule has 126 valence electrons. The molecule has 0 atom stereocenters. The topological polar surface area (TPSA) is 0 Å². The average molecular weight is 289 g/mol. The van der Waals surface area contributed by atoms with Crippen LogP contribution in [0.1, 0.15) is 81.1 Å². The van der Waals surface area contributed by atoms with Gasteiger partial charge in [-0.15, -0.1) is 6.58 Å². The van der Waals surface area contributed by atoms with E-state index >= 15 is 0 Å². The highest BCUT2D eigenvalue weighted by atomic mass is 15.3. The average Bonchev–Trinajstić information content (AvgIpc) is 2.38. The van der Waals surface area contributed by atoms with Gasteiger partial charge >= 0.3 is 0 Å². The minimum absolute atomic E-state index is 0.542. The maximum Gasteiger partial charge on any atom is 0.0780 e. The van der Waals surface area contributed by atoms with Gasteiger partial charge in [-0.05, 0) is 24.7 Å². The second kappa shape index (κ2) is 18.7. The second-order valence-corrected chi connectivity index (χ2v) is 6.71. The molecule has 0 fully saturated rings. The van der Waals surface area contributed by atoms with Crippen molar-refractivity contribution >= 4 is 0 Å². The first kappa shape index (κ1) is 27.9. The van der Waals surface area contributed by atoms with Gasteiger partial charge in [0.05, 0.1) is 27.7 Å². The molecule has 0 aromatic carbocycles. The summed E-state index contributed by atoms with van der Waals surface area (Å²) in [5.74, 6) is 0. The quantitative estimate of drug-likeness (QED) is 0.306. The van der Waals surface area contributed by atoms with Gasteiger partial charge < -0.3 is 4.48 Å². The molecule has 0 N–H and O–H groups in total. The fourth-order valence-corrected chi connectivity index (χ4v) is 0.875. The smallest absolute Gasteiger partial charge is 0.0780 e. The molecule has 0 bridgehead atoms. The van der Waals surface area contributed by atoms with Gasteiger partial charge in [0.25, 0.3) is 0 Å². The SMILES string of the molecule is C=CCCCC[N+](C)(C)C.CC.CC.CCC(C)(C)C. The predicted octanol–water partition coefficient (Wildman–Crippen LogP) is 6.54. The minimum Gasteiger partial charge on any atom is -0.331 e. The molecule has 0 saturated carbocycles. The van der Waals surface area contributed by atoms with Crippen LogP contribution in [0.25, 0.3) is 0 Å². The van der Waals surface area contributed by atoms with Crippen molar-refractivity contribution < 1.29 is 4.48 Å². The first-order valence-corrected chi connectivity index (χ1v) is 8.54. The number of hydrogen-bond donors (Lipinski definition) is 0. The van der Waals surface area contributed by atoms with E-state index in [1.54, 1.807) is 0 Å². The number of nitrogens with zero attached hydrogens (tertiary/aromatic N) is 1. The number of allylic oxidation sites excluding steroid dienone is 1. The Morgan fingerprint density at radius 3 is 1.45 bits per heavy atom. The third-order valence-corrected chi connectivity index (χ3v) is 2.55. The second-order valence-electron chi connectivity index (χ2n) is 6.71. The predicted molar refractivity (Wildman–Crippen MR) is 99.4 cm³/mol. The normalized spacial score (nSPS) is 9.95. The van der Waals surface area contributed by atoms with Gasteiger partial charge in [0.15, 0.2) is 0 Å². The van der Waals surface area contributed by atoms with E-state index in [1.807, 2.05) is 33.8 Å². The minimum atomic E-state index is 0.542. The molecule has 0 spiro atoms. The summed E-state index contributed by atoms with van der Waals surface area (Å²) >= 11 is 0. The molecule has 0 radical (unpaired) electrons. The van der Waals surface area contributed by atoms with Crippen LogP contribution in [0.15, 0.2) is 12.7 Å². The van der Waals surface area contributed by atoms with Gasteiger partial charge in [-0.3, -0.25) is 0 Å². The molecular weight excluding hydrogens is 242 g/mol. The van der Waals surface area contributed by atoms with Crippen LogP contribution in [-0.2, 0) is 0 Å². The molecular formula is C19H46N+. The molecule has 0 aliphatic heterocycles. The largest absolute Gasteiger partial charge is 0.331 e. The lowest BCUT2D eigenvalue weighted by molar-refractivity contribution is -0.870. The first-order chi connectivity index (χ1) is 9.12. The Morgan fingerprint density at radius 1 is 0.900 bits per heavy atom. The Morgan fingerprint density at radius 2 is 1.25 bits per heavy atom. The van der Waals surface area contributed by atoms with E-state index in [4.69, 9.17) is 0 Å². The lowest BCUT2D eigenvalue weighted by Gasteiger charge is -2.23. The Hall–Kier alpha value is -0.300. The zero-order valence-electron chi connectivity index (χ0n) is 16.8. The van der Waals surface area contributed by atoms with Crippen LogP contribution >= 0.6 is 0 Å². The van der Waals surface area contributed by atoms with Crippen molar-refractivity contribution in [3.8, 4) is 0 Å². The standard InChI is InChI=1S/C9H20N.C6H14.2C2H6/c1-5-6-7-8-9-10(2,3)4;1-5-6(2,3)4;2*1-2/h5H,1,6-9H2,2-4H3;5H2,1-4H3;2*1-2H3/q+1;;;. The molecule has 0 heterocycles. The van der Waals surface area contributed by atoms with Crippen LogP contribution < -0.4 is 0 Å². The van der Waals surface area contributed by atoms with E-state index in [1.165, 1.54) is 32.2 Å². The molecule has 0 amide bonds. The molecule has 1 nitrogen and oxygen atoms in total. The summed E-state index contributed by atoms with van der Waals surface area (Å²) in [6.07, 6.45) is 7.04. The van der Waals surface area contributed by atoms with Gasteiger partial charge in [-0.2, -0.15) is 0 Å². The molecule has 20 heavy (non-hydrogen) atoms. The lowest BCUT2D eigenvalue weighted by atomic mass is 9.94. The van der Waals surface area contributed by atoms with Gasteiger partial charge in [-0.1, -0.05) is 67.9 Å². The van der Waals surface area contributed by atoms with Crippen LogP contribution in [0.4, 0.5) is 0 Å². The summed E-state index contributed by atoms with van der Waals surface area (Å²) in [4.78, 5) is 0. The summed E-state index contributed by atoms with van der Waals surface area (Å²) in [6, 6.07) is 0. The Bertz CT molecular complexity index is 158. The van der Waals surface area contributed by atoms with E-state index in [0.717, 1.165) is 4.48 Å².